The van der Waals surface area contributed by atoms with Crippen LogP contribution in [0.15, 0.2) is 41.6 Å². The third kappa shape index (κ3) is 3.82. The predicted molar refractivity (Wildman–Crippen MR) is 88.9 cm³/mol. The molecule has 2 rings (SSSR count). The molecule has 0 bridgehead atoms. The van der Waals surface area contributed by atoms with Crippen LogP contribution in [0.2, 0.25) is 0 Å². The van der Waals surface area contributed by atoms with Crippen molar-refractivity contribution in [2.24, 2.45) is 7.05 Å². The molecule has 0 saturated heterocycles. The van der Waals surface area contributed by atoms with Gasteiger partial charge in [0.05, 0.1) is 5.69 Å². The molecule has 0 radical (unpaired) electrons. The van der Waals surface area contributed by atoms with Crippen molar-refractivity contribution in [3.63, 3.8) is 0 Å². The lowest BCUT2D eigenvalue weighted by atomic mass is 10.4. The van der Waals surface area contributed by atoms with E-state index in [4.69, 9.17) is 4.74 Å². The molecule has 0 unspecified atom stereocenters. The van der Waals surface area contributed by atoms with E-state index in [-0.39, 0.29) is 17.2 Å². The molecule has 0 atom stereocenters. The third-order valence-electron chi connectivity index (χ3n) is 3.61. The summed E-state index contributed by atoms with van der Waals surface area (Å²) < 4.78 is 33.0. The molecule has 0 amide bonds. The first-order chi connectivity index (χ1) is 11.4. The fraction of sp³-hybridized carbons (Fsp3) is 0.375. The highest BCUT2D eigenvalue weighted by Crippen LogP contribution is 2.19. The van der Waals surface area contributed by atoms with Crippen LogP contribution >= 0.6 is 0 Å². The lowest BCUT2D eigenvalue weighted by molar-refractivity contribution is 0.0456. The Morgan fingerprint density at radius 1 is 1.29 bits per heavy atom. The number of aromatic nitrogens is 2. The number of aryl methyl sites for hydroxylation is 1. The summed E-state index contributed by atoms with van der Waals surface area (Å²) in [4.78, 5) is 16.4. The number of sulfonamides is 1. The van der Waals surface area contributed by atoms with Gasteiger partial charge in [-0.1, -0.05) is 19.9 Å². The van der Waals surface area contributed by atoms with E-state index in [0.717, 1.165) is 0 Å². The average molecular weight is 351 g/mol. The van der Waals surface area contributed by atoms with Crippen molar-refractivity contribution >= 4 is 16.0 Å². The topological polar surface area (TPSA) is 81.5 Å². The first-order valence-electron chi connectivity index (χ1n) is 7.63. The van der Waals surface area contributed by atoms with E-state index < -0.39 is 16.0 Å². The molecule has 0 N–H and O–H groups in total. The van der Waals surface area contributed by atoms with Crippen molar-refractivity contribution in [1.82, 2.24) is 13.9 Å². The zero-order chi connectivity index (χ0) is 17.7. The molecule has 0 spiro atoms. The van der Waals surface area contributed by atoms with E-state index in [1.165, 1.54) is 21.1 Å². The molecule has 0 aliphatic rings. The van der Waals surface area contributed by atoms with Crippen LogP contribution in [0, 0.1) is 0 Å². The Morgan fingerprint density at radius 3 is 2.58 bits per heavy atom. The fourth-order valence-electron chi connectivity index (χ4n) is 2.29. The van der Waals surface area contributed by atoms with Crippen LogP contribution in [0.5, 0.6) is 0 Å². The maximum Gasteiger partial charge on any atom is 0.355 e. The normalized spacial score (nSPS) is 11.7. The second kappa shape index (κ2) is 7.59. The van der Waals surface area contributed by atoms with Crippen LogP contribution in [-0.2, 0) is 28.4 Å². The number of nitrogens with zero attached hydrogens (tertiary/aromatic N) is 3. The van der Waals surface area contributed by atoms with Crippen LogP contribution in [0.3, 0.4) is 0 Å². The van der Waals surface area contributed by atoms with E-state index in [2.05, 4.69) is 4.98 Å². The Bertz CT molecular complexity index is 796. The SMILES string of the molecule is CCN(CC)S(=O)(=O)c1cc(C(=O)OCc2ccccn2)n(C)c1. The Balaban J connectivity index is 2.17. The molecule has 0 aliphatic heterocycles. The van der Waals surface area contributed by atoms with Gasteiger partial charge in [0.25, 0.3) is 0 Å². The van der Waals surface area contributed by atoms with Gasteiger partial charge < -0.3 is 9.30 Å². The van der Waals surface area contributed by atoms with Gasteiger partial charge in [-0.3, -0.25) is 4.98 Å². The summed E-state index contributed by atoms with van der Waals surface area (Å²) in [5.41, 5.74) is 0.799. The van der Waals surface area contributed by atoms with Crippen LogP contribution in [-0.4, -0.2) is 41.3 Å². The Kier molecular flexibility index (Phi) is 5.74. The zero-order valence-corrected chi connectivity index (χ0v) is 14.8. The summed E-state index contributed by atoms with van der Waals surface area (Å²) in [7, 11) is -2.00. The molecular formula is C16H21N3O4S. The molecule has 0 saturated carbocycles. The van der Waals surface area contributed by atoms with Crippen LogP contribution in [0.4, 0.5) is 0 Å². The van der Waals surface area contributed by atoms with E-state index in [1.807, 2.05) is 0 Å². The Morgan fingerprint density at radius 2 is 2.00 bits per heavy atom. The fourth-order valence-corrected chi connectivity index (χ4v) is 3.82. The maximum atomic E-state index is 12.5. The van der Waals surface area contributed by atoms with Crippen LogP contribution in [0.1, 0.15) is 30.0 Å². The van der Waals surface area contributed by atoms with Crippen LogP contribution < -0.4 is 0 Å². The van der Waals surface area contributed by atoms with E-state index in [0.29, 0.717) is 18.8 Å². The molecule has 0 aliphatic carbocycles. The van der Waals surface area contributed by atoms with Gasteiger partial charge in [0, 0.05) is 32.5 Å². The van der Waals surface area contributed by atoms with Crippen LogP contribution in [0.25, 0.3) is 0 Å². The number of hydrogen-bond acceptors (Lipinski definition) is 5. The van der Waals surface area contributed by atoms with Gasteiger partial charge >= 0.3 is 5.97 Å². The third-order valence-corrected chi connectivity index (χ3v) is 5.62. The summed E-state index contributed by atoms with van der Waals surface area (Å²) in [6.07, 6.45) is 3.03. The zero-order valence-electron chi connectivity index (χ0n) is 14.0. The van der Waals surface area contributed by atoms with Gasteiger partial charge in [-0.15, -0.1) is 0 Å². The summed E-state index contributed by atoms with van der Waals surface area (Å²) in [5, 5.41) is 0. The van der Waals surface area contributed by atoms with Crippen molar-refractivity contribution < 1.29 is 17.9 Å². The van der Waals surface area contributed by atoms with Gasteiger partial charge in [0.2, 0.25) is 10.0 Å². The summed E-state index contributed by atoms with van der Waals surface area (Å²) in [5.74, 6) is -0.593. The van der Waals surface area contributed by atoms with Gasteiger partial charge in [-0.2, -0.15) is 4.31 Å². The minimum atomic E-state index is -3.61. The number of rotatable bonds is 7. The van der Waals surface area contributed by atoms with Gasteiger partial charge in [-0.05, 0) is 18.2 Å². The molecule has 130 valence electrons. The first kappa shape index (κ1) is 18.2. The quantitative estimate of drug-likeness (QED) is 0.711. The highest BCUT2D eigenvalue weighted by molar-refractivity contribution is 7.89. The standard InChI is InChI=1S/C16H21N3O4S/c1-4-19(5-2)24(21,22)14-10-15(18(3)11-14)16(20)23-12-13-8-6-7-9-17-13/h6-11H,4-5,12H2,1-3H3. The Hall–Kier alpha value is -2.19. The highest BCUT2D eigenvalue weighted by Gasteiger charge is 2.25. The van der Waals surface area contributed by atoms with E-state index >= 15 is 0 Å². The first-order valence-corrected chi connectivity index (χ1v) is 9.07. The van der Waals surface area contributed by atoms with Gasteiger partial charge in [0.15, 0.2) is 0 Å². The van der Waals surface area contributed by atoms with E-state index in [1.54, 1.807) is 45.3 Å². The second-order valence-corrected chi connectivity index (χ2v) is 7.10. The molecule has 2 aromatic rings. The molecule has 24 heavy (non-hydrogen) atoms. The van der Waals surface area contributed by atoms with Crippen molar-refractivity contribution in [3.8, 4) is 0 Å². The molecule has 2 heterocycles. The maximum absolute atomic E-state index is 12.5. The number of hydrogen-bond donors (Lipinski definition) is 0. The van der Waals surface area contributed by atoms with Crippen molar-refractivity contribution in [1.29, 1.82) is 0 Å². The van der Waals surface area contributed by atoms with Crippen molar-refractivity contribution in [2.45, 2.75) is 25.3 Å². The number of carbonyl (C=O) groups excluding carboxylic acids is 1. The van der Waals surface area contributed by atoms with Gasteiger partial charge in [0.1, 0.15) is 17.2 Å². The monoisotopic (exact) mass is 351 g/mol. The minimum Gasteiger partial charge on any atom is -0.455 e. The minimum absolute atomic E-state index is 0.0307. The largest absolute Gasteiger partial charge is 0.455 e. The molecule has 0 aromatic carbocycles. The number of pyridine rings is 1. The van der Waals surface area contributed by atoms with Gasteiger partial charge in [-0.25, -0.2) is 13.2 Å². The lowest BCUT2D eigenvalue weighted by Gasteiger charge is -2.17. The molecule has 8 heteroatoms. The molecule has 2 aromatic heterocycles. The average Bonchev–Trinajstić information content (AvgIpc) is 2.97. The lowest BCUT2D eigenvalue weighted by Crippen LogP contribution is -2.30. The van der Waals surface area contributed by atoms with Crippen molar-refractivity contribution in [2.75, 3.05) is 13.1 Å². The molecule has 7 nitrogen and oxygen atoms in total. The smallest absolute Gasteiger partial charge is 0.355 e. The predicted octanol–water partition coefficient (Wildman–Crippen LogP) is 1.81. The Labute approximate surface area is 141 Å². The molecule has 0 fully saturated rings. The second-order valence-electron chi connectivity index (χ2n) is 5.16. The van der Waals surface area contributed by atoms with Crippen molar-refractivity contribution in [3.05, 3.63) is 48.0 Å². The van der Waals surface area contributed by atoms with E-state index in [9.17, 15) is 13.2 Å². The molecular weight excluding hydrogens is 330 g/mol. The highest BCUT2D eigenvalue weighted by atomic mass is 32.2. The number of carbonyl (C=O) groups is 1. The summed E-state index contributed by atoms with van der Waals surface area (Å²) >= 11 is 0. The summed E-state index contributed by atoms with van der Waals surface area (Å²) in [6, 6.07) is 6.66. The number of ether oxygens (including phenoxy) is 1. The summed E-state index contributed by atoms with van der Waals surface area (Å²) in [6.45, 7) is 4.31. The number of esters is 1.